The molecule has 0 radical (unpaired) electrons. The first-order valence-corrected chi connectivity index (χ1v) is 6.65. The molecule has 1 unspecified atom stereocenters. The lowest BCUT2D eigenvalue weighted by molar-refractivity contribution is 0.136. The van der Waals surface area contributed by atoms with Crippen molar-refractivity contribution in [3.63, 3.8) is 0 Å². The van der Waals surface area contributed by atoms with Gasteiger partial charge in [-0.25, -0.2) is 0 Å². The van der Waals surface area contributed by atoms with E-state index < -0.39 is 0 Å². The van der Waals surface area contributed by atoms with Crippen molar-refractivity contribution < 1.29 is 4.74 Å². The Hall–Kier alpha value is -0.870. The zero-order valence-corrected chi connectivity index (χ0v) is 11.3. The molecule has 1 aromatic heterocycles. The summed E-state index contributed by atoms with van der Waals surface area (Å²) in [5.41, 5.74) is 1.26. The third-order valence-corrected chi connectivity index (χ3v) is 2.78. The highest BCUT2D eigenvalue weighted by Gasteiger charge is 2.12. The van der Waals surface area contributed by atoms with E-state index >= 15 is 0 Å². The second-order valence-electron chi connectivity index (χ2n) is 4.12. The highest BCUT2D eigenvalue weighted by Crippen LogP contribution is 2.16. The van der Waals surface area contributed by atoms with Gasteiger partial charge in [-0.05, 0) is 33.2 Å². The molecule has 0 aromatic carbocycles. The van der Waals surface area contributed by atoms with Gasteiger partial charge in [0.1, 0.15) is 0 Å². The van der Waals surface area contributed by atoms with E-state index in [1.807, 2.05) is 17.8 Å². The number of rotatable bonds is 9. The fraction of sp³-hybridized carbons (Fsp3) is 0.769. The van der Waals surface area contributed by atoms with Crippen molar-refractivity contribution in [1.29, 1.82) is 0 Å². The molecular formula is C13H25N3O. The van der Waals surface area contributed by atoms with Gasteiger partial charge < -0.3 is 10.1 Å². The van der Waals surface area contributed by atoms with Crippen LogP contribution in [-0.2, 0) is 11.3 Å². The highest BCUT2D eigenvalue weighted by molar-refractivity contribution is 5.10. The first-order chi connectivity index (χ1) is 8.31. The molecule has 4 nitrogen and oxygen atoms in total. The number of ether oxygens (including phenoxy) is 1. The van der Waals surface area contributed by atoms with Crippen LogP contribution in [0.25, 0.3) is 0 Å². The fourth-order valence-electron chi connectivity index (χ4n) is 1.78. The van der Waals surface area contributed by atoms with Crippen LogP contribution in [0.15, 0.2) is 12.4 Å². The van der Waals surface area contributed by atoms with E-state index in [4.69, 9.17) is 4.74 Å². The van der Waals surface area contributed by atoms with E-state index in [2.05, 4.69) is 30.5 Å². The summed E-state index contributed by atoms with van der Waals surface area (Å²) in [5.74, 6) is 0. The van der Waals surface area contributed by atoms with Crippen molar-refractivity contribution in [2.45, 2.75) is 46.2 Å². The second kappa shape index (κ2) is 8.25. The molecule has 1 aromatic rings. The normalized spacial score (nSPS) is 12.9. The van der Waals surface area contributed by atoms with Crippen molar-refractivity contribution >= 4 is 0 Å². The lowest BCUT2D eigenvalue weighted by Crippen LogP contribution is -2.23. The van der Waals surface area contributed by atoms with Gasteiger partial charge in [-0.2, -0.15) is 5.10 Å². The Morgan fingerprint density at radius 1 is 1.41 bits per heavy atom. The van der Waals surface area contributed by atoms with Gasteiger partial charge in [0.2, 0.25) is 0 Å². The summed E-state index contributed by atoms with van der Waals surface area (Å²) in [5, 5.41) is 7.88. The summed E-state index contributed by atoms with van der Waals surface area (Å²) < 4.78 is 7.40. The molecule has 0 aliphatic heterocycles. The molecule has 0 aliphatic rings. The molecule has 4 heteroatoms. The van der Waals surface area contributed by atoms with Crippen molar-refractivity contribution in [1.82, 2.24) is 15.1 Å². The van der Waals surface area contributed by atoms with E-state index in [1.165, 1.54) is 5.56 Å². The van der Waals surface area contributed by atoms with E-state index in [1.54, 1.807) is 0 Å². The van der Waals surface area contributed by atoms with E-state index in [0.717, 1.165) is 39.1 Å². The Morgan fingerprint density at radius 2 is 2.24 bits per heavy atom. The summed E-state index contributed by atoms with van der Waals surface area (Å²) >= 11 is 0. The van der Waals surface area contributed by atoms with Gasteiger partial charge in [-0.1, -0.05) is 6.92 Å². The molecule has 1 atom stereocenters. The smallest absolute Gasteiger partial charge is 0.0537 e. The summed E-state index contributed by atoms with van der Waals surface area (Å²) in [6, 6.07) is 0.363. The van der Waals surface area contributed by atoms with Crippen LogP contribution in [0, 0.1) is 0 Å². The van der Waals surface area contributed by atoms with Crippen LogP contribution in [0.4, 0.5) is 0 Å². The average molecular weight is 239 g/mol. The fourth-order valence-corrected chi connectivity index (χ4v) is 1.78. The molecule has 1 rings (SSSR count). The minimum absolute atomic E-state index is 0.363. The highest BCUT2D eigenvalue weighted by atomic mass is 16.5. The van der Waals surface area contributed by atoms with Crippen LogP contribution < -0.4 is 5.32 Å². The maximum absolute atomic E-state index is 5.43. The maximum Gasteiger partial charge on any atom is 0.0537 e. The van der Waals surface area contributed by atoms with Gasteiger partial charge in [0, 0.05) is 37.6 Å². The minimum atomic E-state index is 0.363. The Morgan fingerprint density at radius 3 is 2.82 bits per heavy atom. The topological polar surface area (TPSA) is 39.1 Å². The van der Waals surface area contributed by atoms with E-state index in [9.17, 15) is 0 Å². The van der Waals surface area contributed by atoms with Gasteiger partial charge in [0.05, 0.1) is 6.20 Å². The first-order valence-electron chi connectivity index (χ1n) is 6.65. The standard InChI is InChI=1S/C13H25N3O/c1-4-8-14-13(7-9-17-6-3)12-10-15-16(5-2)11-12/h10-11,13-14H,4-9H2,1-3H3. The largest absolute Gasteiger partial charge is 0.382 e. The van der Waals surface area contributed by atoms with Gasteiger partial charge in [0.25, 0.3) is 0 Å². The number of nitrogens with zero attached hydrogens (tertiary/aromatic N) is 2. The number of nitrogens with one attached hydrogen (secondary N) is 1. The lowest BCUT2D eigenvalue weighted by atomic mass is 10.1. The zero-order valence-electron chi connectivity index (χ0n) is 11.3. The van der Waals surface area contributed by atoms with Crippen LogP contribution in [-0.4, -0.2) is 29.5 Å². The summed E-state index contributed by atoms with van der Waals surface area (Å²) in [6.07, 6.45) is 6.23. The monoisotopic (exact) mass is 239 g/mol. The van der Waals surface area contributed by atoms with Gasteiger partial charge in [-0.3, -0.25) is 4.68 Å². The van der Waals surface area contributed by atoms with Crippen molar-refractivity contribution in [3.05, 3.63) is 18.0 Å². The molecule has 1 N–H and O–H groups in total. The molecular weight excluding hydrogens is 214 g/mol. The number of aryl methyl sites for hydroxylation is 1. The van der Waals surface area contributed by atoms with Crippen LogP contribution in [0.3, 0.4) is 0 Å². The first kappa shape index (κ1) is 14.2. The molecule has 0 aliphatic carbocycles. The SMILES string of the molecule is CCCNC(CCOCC)c1cnn(CC)c1. The molecule has 98 valence electrons. The van der Waals surface area contributed by atoms with Gasteiger partial charge >= 0.3 is 0 Å². The Kier molecular flexibility index (Phi) is 6.89. The maximum atomic E-state index is 5.43. The summed E-state index contributed by atoms with van der Waals surface area (Å²) in [7, 11) is 0. The molecule has 0 bridgehead atoms. The van der Waals surface area contributed by atoms with E-state index in [-0.39, 0.29) is 0 Å². The van der Waals surface area contributed by atoms with Crippen LogP contribution in [0.2, 0.25) is 0 Å². The van der Waals surface area contributed by atoms with Crippen molar-refractivity contribution in [3.8, 4) is 0 Å². The minimum Gasteiger partial charge on any atom is -0.382 e. The van der Waals surface area contributed by atoms with Crippen LogP contribution >= 0.6 is 0 Å². The third kappa shape index (κ3) is 4.88. The molecule has 0 amide bonds. The Labute approximate surface area is 104 Å². The zero-order chi connectivity index (χ0) is 12.5. The number of aromatic nitrogens is 2. The lowest BCUT2D eigenvalue weighted by Gasteiger charge is -2.16. The summed E-state index contributed by atoms with van der Waals surface area (Å²) in [6.45, 7) is 9.86. The number of hydrogen-bond acceptors (Lipinski definition) is 3. The number of hydrogen-bond donors (Lipinski definition) is 1. The van der Waals surface area contributed by atoms with Crippen LogP contribution in [0.5, 0.6) is 0 Å². The van der Waals surface area contributed by atoms with Crippen molar-refractivity contribution in [2.24, 2.45) is 0 Å². The predicted octanol–water partition coefficient (Wildman–Crippen LogP) is 2.37. The Bertz CT molecular complexity index is 299. The average Bonchev–Trinajstić information content (AvgIpc) is 2.82. The van der Waals surface area contributed by atoms with Gasteiger partial charge in [-0.15, -0.1) is 0 Å². The van der Waals surface area contributed by atoms with E-state index in [0.29, 0.717) is 6.04 Å². The molecule has 17 heavy (non-hydrogen) atoms. The predicted molar refractivity (Wildman–Crippen MR) is 70.0 cm³/mol. The second-order valence-corrected chi connectivity index (χ2v) is 4.12. The molecule has 1 heterocycles. The molecule has 0 fully saturated rings. The Balaban J connectivity index is 2.54. The third-order valence-electron chi connectivity index (χ3n) is 2.78. The molecule has 0 saturated carbocycles. The summed E-state index contributed by atoms with van der Waals surface area (Å²) in [4.78, 5) is 0. The molecule has 0 spiro atoms. The quantitative estimate of drug-likeness (QED) is 0.672. The van der Waals surface area contributed by atoms with Crippen LogP contribution in [0.1, 0.15) is 45.2 Å². The molecule has 0 saturated heterocycles. The van der Waals surface area contributed by atoms with Crippen molar-refractivity contribution in [2.75, 3.05) is 19.8 Å². The van der Waals surface area contributed by atoms with Gasteiger partial charge in [0.15, 0.2) is 0 Å².